The van der Waals surface area contributed by atoms with Gasteiger partial charge < -0.3 is 4.74 Å². The predicted octanol–water partition coefficient (Wildman–Crippen LogP) is 5.68. The molecular weight excluding hydrogens is 270 g/mol. The van der Waals surface area contributed by atoms with Crippen LogP contribution in [-0.4, -0.2) is 25.1 Å². The van der Waals surface area contributed by atoms with Gasteiger partial charge in [-0.2, -0.15) is 0 Å². The Bertz CT molecular complexity index is 422. The van der Waals surface area contributed by atoms with Crippen molar-refractivity contribution in [2.45, 2.75) is 66.3 Å². The van der Waals surface area contributed by atoms with E-state index < -0.39 is 0 Å². The van der Waals surface area contributed by atoms with E-state index in [1.165, 1.54) is 37.8 Å². The molecule has 1 atom stereocenters. The van der Waals surface area contributed by atoms with Crippen molar-refractivity contribution in [2.24, 2.45) is 5.41 Å². The minimum Gasteiger partial charge on any atom is -0.496 e. The smallest absolute Gasteiger partial charge is 0.123 e. The van der Waals surface area contributed by atoms with E-state index >= 15 is 0 Å². The van der Waals surface area contributed by atoms with E-state index in [1.807, 2.05) is 6.07 Å². The van der Waals surface area contributed by atoms with E-state index in [9.17, 15) is 0 Å². The summed E-state index contributed by atoms with van der Waals surface area (Å²) in [5.74, 6) is 1.00. The molecule has 0 saturated heterocycles. The van der Waals surface area contributed by atoms with Crippen molar-refractivity contribution in [3.8, 4) is 5.75 Å². The van der Waals surface area contributed by atoms with E-state index in [2.05, 4.69) is 57.7 Å². The molecule has 1 rings (SSSR count). The van der Waals surface area contributed by atoms with Crippen molar-refractivity contribution >= 4 is 0 Å². The molecule has 0 unspecified atom stereocenters. The van der Waals surface area contributed by atoms with Crippen LogP contribution in [0, 0.1) is 5.41 Å². The summed E-state index contributed by atoms with van der Waals surface area (Å²) in [6.45, 7) is 13.8. The van der Waals surface area contributed by atoms with Crippen LogP contribution in [0.25, 0.3) is 0 Å². The third-order valence-corrected chi connectivity index (χ3v) is 4.42. The van der Waals surface area contributed by atoms with E-state index in [0.29, 0.717) is 11.5 Å². The molecule has 2 nitrogen and oxygen atoms in total. The van der Waals surface area contributed by atoms with Gasteiger partial charge in [0.25, 0.3) is 0 Å². The third-order valence-electron chi connectivity index (χ3n) is 4.42. The molecule has 0 bridgehead atoms. The van der Waals surface area contributed by atoms with Crippen LogP contribution in [-0.2, 0) is 0 Å². The van der Waals surface area contributed by atoms with Crippen LogP contribution < -0.4 is 4.74 Å². The molecule has 0 amide bonds. The summed E-state index contributed by atoms with van der Waals surface area (Å²) in [5.41, 5.74) is 1.76. The van der Waals surface area contributed by atoms with Crippen molar-refractivity contribution in [1.82, 2.24) is 4.90 Å². The first-order valence-corrected chi connectivity index (χ1v) is 8.76. The van der Waals surface area contributed by atoms with Crippen LogP contribution in [0.4, 0.5) is 0 Å². The highest BCUT2D eigenvalue weighted by Crippen LogP contribution is 2.29. The topological polar surface area (TPSA) is 12.5 Å². The van der Waals surface area contributed by atoms with Crippen molar-refractivity contribution in [3.05, 3.63) is 29.8 Å². The normalized spacial score (nSPS) is 13.4. The summed E-state index contributed by atoms with van der Waals surface area (Å²) < 4.78 is 5.51. The Kier molecular flexibility index (Phi) is 7.95. The summed E-state index contributed by atoms with van der Waals surface area (Å²) in [5, 5.41) is 0. The van der Waals surface area contributed by atoms with Crippen molar-refractivity contribution in [1.29, 1.82) is 0 Å². The van der Waals surface area contributed by atoms with Crippen LogP contribution in [0.3, 0.4) is 0 Å². The molecule has 0 N–H and O–H groups in total. The van der Waals surface area contributed by atoms with E-state index in [-0.39, 0.29) is 0 Å². The van der Waals surface area contributed by atoms with Gasteiger partial charge in [0.2, 0.25) is 0 Å². The highest BCUT2D eigenvalue weighted by Gasteiger charge is 2.17. The maximum absolute atomic E-state index is 5.51. The van der Waals surface area contributed by atoms with Gasteiger partial charge in [-0.1, -0.05) is 58.7 Å². The number of para-hydroxylation sites is 1. The second-order valence-corrected chi connectivity index (χ2v) is 7.42. The number of hydrogen-bond acceptors (Lipinski definition) is 2. The number of nitrogens with zero attached hydrogens (tertiary/aromatic N) is 1. The zero-order valence-corrected chi connectivity index (χ0v) is 15.5. The molecule has 126 valence electrons. The van der Waals surface area contributed by atoms with Crippen LogP contribution in [0.1, 0.15) is 71.9 Å². The minimum absolute atomic E-state index is 0.406. The first kappa shape index (κ1) is 19.0. The van der Waals surface area contributed by atoms with Gasteiger partial charge in [-0.15, -0.1) is 0 Å². The van der Waals surface area contributed by atoms with Gasteiger partial charge in [0.05, 0.1) is 7.11 Å². The molecule has 0 spiro atoms. The lowest BCUT2D eigenvalue weighted by atomic mass is 9.89. The summed E-state index contributed by atoms with van der Waals surface area (Å²) in [6, 6.07) is 8.79. The highest BCUT2D eigenvalue weighted by molar-refractivity contribution is 5.35. The van der Waals surface area contributed by atoms with Gasteiger partial charge in [-0.05, 0) is 44.3 Å². The molecule has 1 aromatic carbocycles. The molecule has 22 heavy (non-hydrogen) atoms. The van der Waals surface area contributed by atoms with Gasteiger partial charge in [-0.25, -0.2) is 0 Å². The maximum atomic E-state index is 5.51. The number of rotatable bonds is 9. The van der Waals surface area contributed by atoms with Crippen LogP contribution in [0.15, 0.2) is 24.3 Å². The molecule has 2 heteroatoms. The standard InChI is InChI=1S/C20H35NO/c1-7-21(16-12-8-11-15-20(3,4)5)17(2)18-13-9-10-14-19(18)22-6/h9-10,13-14,17H,7-8,11-12,15-16H2,1-6H3/t17-/m0/s1. The fraction of sp³-hybridized carbons (Fsp3) is 0.700. The summed E-state index contributed by atoms with van der Waals surface area (Å²) >= 11 is 0. The fourth-order valence-electron chi connectivity index (χ4n) is 2.98. The fourth-order valence-corrected chi connectivity index (χ4v) is 2.98. The Morgan fingerprint density at radius 1 is 1.09 bits per heavy atom. The summed E-state index contributed by atoms with van der Waals surface area (Å²) in [6.07, 6.45) is 5.26. The monoisotopic (exact) mass is 305 g/mol. The number of methoxy groups -OCH3 is 1. The van der Waals surface area contributed by atoms with Crippen molar-refractivity contribution in [3.63, 3.8) is 0 Å². The molecule has 0 aliphatic rings. The molecule has 0 heterocycles. The van der Waals surface area contributed by atoms with Gasteiger partial charge in [-0.3, -0.25) is 4.90 Å². The van der Waals surface area contributed by atoms with E-state index in [1.54, 1.807) is 7.11 Å². The number of unbranched alkanes of at least 4 members (excludes halogenated alkanes) is 2. The molecular formula is C20H35NO. The maximum Gasteiger partial charge on any atom is 0.123 e. The molecule has 0 aliphatic heterocycles. The second kappa shape index (κ2) is 9.19. The third kappa shape index (κ3) is 6.39. The average Bonchev–Trinajstić information content (AvgIpc) is 2.49. The van der Waals surface area contributed by atoms with Gasteiger partial charge in [0, 0.05) is 11.6 Å². The average molecular weight is 306 g/mol. The Morgan fingerprint density at radius 2 is 1.77 bits per heavy atom. The number of ether oxygens (including phenoxy) is 1. The molecule has 0 aromatic heterocycles. The van der Waals surface area contributed by atoms with Crippen molar-refractivity contribution in [2.75, 3.05) is 20.2 Å². The molecule has 0 radical (unpaired) electrons. The van der Waals surface area contributed by atoms with Gasteiger partial charge in [0.1, 0.15) is 5.75 Å². The lowest BCUT2D eigenvalue weighted by Gasteiger charge is -2.29. The van der Waals surface area contributed by atoms with E-state index in [4.69, 9.17) is 4.74 Å². The second-order valence-electron chi connectivity index (χ2n) is 7.42. The Morgan fingerprint density at radius 3 is 2.36 bits per heavy atom. The predicted molar refractivity (Wildman–Crippen MR) is 96.6 cm³/mol. The largest absolute Gasteiger partial charge is 0.496 e. The lowest BCUT2D eigenvalue weighted by molar-refractivity contribution is 0.211. The molecule has 1 aromatic rings. The SMILES string of the molecule is CCN(CCCCCC(C)(C)C)[C@@H](C)c1ccccc1OC. The van der Waals surface area contributed by atoms with Gasteiger partial charge in [0.15, 0.2) is 0 Å². The number of hydrogen-bond donors (Lipinski definition) is 0. The van der Waals surface area contributed by atoms with Gasteiger partial charge >= 0.3 is 0 Å². The molecule has 0 fully saturated rings. The van der Waals surface area contributed by atoms with E-state index in [0.717, 1.165) is 12.3 Å². The molecule has 0 aliphatic carbocycles. The Hall–Kier alpha value is -1.02. The minimum atomic E-state index is 0.406. The van der Waals surface area contributed by atoms with Crippen LogP contribution in [0.2, 0.25) is 0 Å². The molecule has 0 saturated carbocycles. The van der Waals surface area contributed by atoms with Crippen LogP contribution in [0.5, 0.6) is 5.75 Å². The first-order chi connectivity index (χ1) is 10.4. The highest BCUT2D eigenvalue weighted by atomic mass is 16.5. The zero-order valence-electron chi connectivity index (χ0n) is 15.5. The Balaban J connectivity index is 2.49. The van der Waals surface area contributed by atoms with Crippen LogP contribution >= 0.6 is 0 Å². The van der Waals surface area contributed by atoms with Crippen molar-refractivity contribution < 1.29 is 4.74 Å². The lowest BCUT2D eigenvalue weighted by Crippen LogP contribution is -2.28. The summed E-state index contributed by atoms with van der Waals surface area (Å²) in [4.78, 5) is 2.55. The number of benzene rings is 1. The summed E-state index contributed by atoms with van der Waals surface area (Å²) in [7, 11) is 1.76. The quantitative estimate of drug-likeness (QED) is 0.544. The first-order valence-electron chi connectivity index (χ1n) is 8.76. The Labute approximate surface area is 137 Å². The zero-order chi connectivity index (χ0) is 16.6.